The molecule has 1 atom stereocenters. The minimum atomic E-state index is -0.0345. The lowest BCUT2D eigenvalue weighted by atomic mass is 9.97. The van der Waals surface area contributed by atoms with Gasteiger partial charge in [-0.2, -0.15) is 0 Å². The highest BCUT2D eigenvalue weighted by Gasteiger charge is 2.28. The van der Waals surface area contributed by atoms with Crippen molar-refractivity contribution < 1.29 is 13.9 Å². The maximum Gasteiger partial charge on any atom is 0.255 e. The van der Waals surface area contributed by atoms with Crippen LogP contribution in [0.15, 0.2) is 53.2 Å². The number of hydrogen-bond acceptors (Lipinski definition) is 5. The van der Waals surface area contributed by atoms with E-state index in [2.05, 4.69) is 9.97 Å². The van der Waals surface area contributed by atoms with Crippen molar-refractivity contribution >= 4 is 17.5 Å². The van der Waals surface area contributed by atoms with Crippen LogP contribution in [0.3, 0.4) is 0 Å². The van der Waals surface area contributed by atoms with Gasteiger partial charge in [-0.3, -0.25) is 4.79 Å². The van der Waals surface area contributed by atoms with Crippen LogP contribution >= 0.6 is 11.6 Å². The fourth-order valence-electron chi connectivity index (χ4n) is 3.60. The van der Waals surface area contributed by atoms with Crippen LogP contribution in [0, 0.1) is 0 Å². The van der Waals surface area contributed by atoms with E-state index in [1.165, 1.54) is 0 Å². The number of pyridine rings is 1. The van der Waals surface area contributed by atoms with Crippen molar-refractivity contribution in [3.63, 3.8) is 0 Å². The fraction of sp³-hybridized carbons (Fsp3) is 0.318. The molecule has 0 radical (unpaired) electrons. The number of ether oxygens (including phenoxy) is 1. The van der Waals surface area contributed by atoms with Gasteiger partial charge in [-0.05, 0) is 30.5 Å². The average molecular weight is 412 g/mol. The molecule has 4 rings (SSSR count). The predicted molar refractivity (Wildman–Crippen MR) is 109 cm³/mol. The molecule has 0 bridgehead atoms. The number of halogens is 1. The van der Waals surface area contributed by atoms with E-state index in [-0.39, 0.29) is 11.8 Å². The number of rotatable bonds is 5. The van der Waals surface area contributed by atoms with E-state index in [1.807, 2.05) is 29.2 Å². The van der Waals surface area contributed by atoms with Crippen molar-refractivity contribution in [1.82, 2.24) is 14.9 Å². The highest BCUT2D eigenvalue weighted by atomic mass is 35.5. The van der Waals surface area contributed by atoms with Gasteiger partial charge in [-0.25, -0.2) is 9.97 Å². The summed E-state index contributed by atoms with van der Waals surface area (Å²) in [4.78, 5) is 23.3. The molecular weight excluding hydrogens is 390 g/mol. The zero-order chi connectivity index (χ0) is 20.2. The standard InChI is InChI=1S/C22H22ClN3O3/c1-28-20-9-8-16(12-24-20)22(27)26-10-4-6-17(14-26)21-25-13-18(29-21)11-15-5-2-3-7-19(15)23/h2-3,5,7-9,12-13,17H,4,6,10-11,14H2,1H3/t17-/m0/s1. The molecule has 2 aromatic heterocycles. The quantitative estimate of drug-likeness (QED) is 0.624. The second kappa shape index (κ2) is 8.66. The van der Waals surface area contributed by atoms with Crippen LogP contribution < -0.4 is 4.74 Å². The van der Waals surface area contributed by atoms with Crippen molar-refractivity contribution in [1.29, 1.82) is 0 Å². The molecule has 1 aliphatic rings. The van der Waals surface area contributed by atoms with Crippen LogP contribution in [0.5, 0.6) is 5.88 Å². The van der Waals surface area contributed by atoms with Gasteiger partial charge < -0.3 is 14.1 Å². The molecule has 29 heavy (non-hydrogen) atoms. The summed E-state index contributed by atoms with van der Waals surface area (Å²) in [5.74, 6) is 1.99. The third kappa shape index (κ3) is 4.43. The molecule has 3 aromatic rings. The van der Waals surface area contributed by atoms with E-state index in [1.54, 1.807) is 31.6 Å². The Bertz CT molecular complexity index is 987. The molecule has 1 aromatic carbocycles. The van der Waals surface area contributed by atoms with Crippen molar-refractivity contribution in [2.24, 2.45) is 0 Å². The maximum atomic E-state index is 12.8. The molecule has 0 unspecified atom stereocenters. The van der Waals surface area contributed by atoms with E-state index in [4.69, 9.17) is 20.8 Å². The van der Waals surface area contributed by atoms with Gasteiger partial charge in [0.2, 0.25) is 5.88 Å². The summed E-state index contributed by atoms with van der Waals surface area (Å²) in [5, 5.41) is 0.716. The molecule has 6 nitrogen and oxygen atoms in total. The average Bonchev–Trinajstić information content (AvgIpc) is 3.24. The topological polar surface area (TPSA) is 68.5 Å². The second-order valence-electron chi connectivity index (χ2n) is 7.11. The zero-order valence-electron chi connectivity index (χ0n) is 16.2. The molecule has 1 saturated heterocycles. The Morgan fingerprint density at radius 1 is 1.24 bits per heavy atom. The summed E-state index contributed by atoms with van der Waals surface area (Å²) in [5.41, 5.74) is 1.56. The Labute approximate surface area is 174 Å². The number of hydrogen-bond donors (Lipinski definition) is 0. The van der Waals surface area contributed by atoms with E-state index in [0.29, 0.717) is 41.9 Å². The number of aromatic nitrogens is 2. The van der Waals surface area contributed by atoms with Gasteiger partial charge >= 0.3 is 0 Å². The van der Waals surface area contributed by atoms with Crippen LogP contribution in [-0.2, 0) is 6.42 Å². The Hall–Kier alpha value is -2.86. The van der Waals surface area contributed by atoms with Crippen LogP contribution in [-0.4, -0.2) is 41.0 Å². The third-order valence-corrected chi connectivity index (χ3v) is 5.51. The van der Waals surface area contributed by atoms with Crippen molar-refractivity contribution in [2.45, 2.75) is 25.2 Å². The molecule has 0 spiro atoms. The molecular formula is C22H22ClN3O3. The lowest BCUT2D eigenvalue weighted by Gasteiger charge is -2.31. The maximum absolute atomic E-state index is 12.8. The van der Waals surface area contributed by atoms with Crippen molar-refractivity contribution in [2.75, 3.05) is 20.2 Å². The number of amides is 1. The van der Waals surface area contributed by atoms with Crippen molar-refractivity contribution in [3.05, 3.63) is 76.6 Å². The number of carbonyl (C=O) groups is 1. The number of likely N-dealkylation sites (tertiary alicyclic amines) is 1. The molecule has 0 aliphatic carbocycles. The van der Waals surface area contributed by atoms with Gasteiger partial charge in [0.1, 0.15) is 5.76 Å². The smallest absolute Gasteiger partial charge is 0.255 e. The third-order valence-electron chi connectivity index (χ3n) is 5.14. The van der Waals surface area contributed by atoms with Gasteiger partial charge in [-0.15, -0.1) is 0 Å². The Kier molecular flexibility index (Phi) is 5.81. The van der Waals surface area contributed by atoms with Gasteiger partial charge in [0, 0.05) is 36.8 Å². The first-order chi connectivity index (χ1) is 14.1. The molecule has 1 amide bonds. The van der Waals surface area contributed by atoms with Gasteiger partial charge in [-0.1, -0.05) is 29.8 Å². The Morgan fingerprint density at radius 3 is 2.86 bits per heavy atom. The lowest BCUT2D eigenvalue weighted by molar-refractivity contribution is 0.0697. The van der Waals surface area contributed by atoms with E-state index in [9.17, 15) is 4.79 Å². The van der Waals surface area contributed by atoms with E-state index in [0.717, 1.165) is 24.2 Å². The first kappa shape index (κ1) is 19.5. The van der Waals surface area contributed by atoms with Gasteiger partial charge in [0.25, 0.3) is 5.91 Å². The highest BCUT2D eigenvalue weighted by Crippen LogP contribution is 2.29. The molecule has 150 valence electrons. The molecule has 7 heteroatoms. The zero-order valence-corrected chi connectivity index (χ0v) is 16.9. The normalized spacial score (nSPS) is 16.6. The predicted octanol–water partition coefficient (Wildman–Crippen LogP) is 4.34. The lowest BCUT2D eigenvalue weighted by Crippen LogP contribution is -2.39. The SMILES string of the molecule is COc1ccc(C(=O)N2CCC[C@H](c3ncc(Cc4ccccc4Cl)o3)C2)cn1. The summed E-state index contributed by atoms with van der Waals surface area (Å²) in [7, 11) is 1.55. The number of nitrogens with zero attached hydrogens (tertiary/aromatic N) is 3. The summed E-state index contributed by atoms with van der Waals surface area (Å²) in [6.07, 6.45) is 5.75. The number of carbonyl (C=O) groups excluding carboxylic acids is 1. The van der Waals surface area contributed by atoms with Gasteiger partial charge in [0.05, 0.1) is 24.8 Å². The molecule has 0 saturated carbocycles. The van der Waals surface area contributed by atoms with Crippen LogP contribution in [0.2, 0.25) is 5.02 Å². The van der Waals surface area contributed by atoms with Crippen LogP contribution in [0.25, 0.3) is 0 Å². The number of oxazole rings is 1. The number of methoxy groups -OCH3 is 1. The number of piperidine rings is 1. The van der Waals surface area contributed by atoms with Gasteiger partial charge in [0.15, 0.2) is 5.89 Å². The van der Waals surface area contributed by atoms with Crippen LogP contribution in [0.4, 0.5) is 0 Å². The van der Waals surface area contributed by atoms with E-state index >= 15 is 0 Å². The fourth-order valence-corrected chi connectivity index (χ4v) is 3.80. The second-order valence-corrected chi connectivity index (χ2v) is 7.52. The minimum absolute atomic E-state index is 0.0345. The summed E-state index contributed by atoms with van der Waals surface area (Å²) in [6.45, 7) is 1.30. The summed E-state index contributed by atoms with van der Waals surface area (Å²) >= 11 is 6.24. The highest BCUT2D eigenvalue weighted by molar-refractivity contribution is 6.31. The van der Waals surface area contributed by atoms with Crippen molar-refractivity contribution in [3.8, 4) is 5.88 Å². The monoisotopic (exact) mass is 411 g/mol. The molecule has 3 heterocycles. The summed E-state index contributed by atoms with van der Waals surface area (Å²) < 4.78 is 11.1. The molecule has 0 N–H and O–H groups in total. The summed E-state index contributed by atoms with van der Waals surface area (Å²) in [6, 6.07) is 11.1. The molecule has 1 fully saturated rings. The van der Waals surface area contributed by atoms with Crippen LogP contribution in [0.1, 0.15) is 46.3 Å². The minimum Gasteiger partial charge on any atom is -0.481 e. The Morgan fingerprint density at radius 2 is 2.10 bits per heavy atom. The first-order valence-electron chi connectivity index (χ1n) is 9.61. The Balaban J connectivity index is 1.44. The van der Waals surface area contributed by atoms with E-state index < -0.39 is 0 Å². The first-order valence-corrected chi connectivity index (χ1v) is 9.99. The number of benzene rings is 1. The largest absolute Gasteiger partial charge is 0.481 e. The molecule has 1 aliphatic heterocycles.